The summed E-state index contributed by atoms with van der Waals surface area (Å²) in [6.07, 6.45) is 6.25. The first-order valence-electron chi connectivity index (χ1n) is 8.50. The molecule has 3 heterocycles. The van der Waals surface area contributed by atoms with Crippen LogP contribution in [-0.4, -0.2) is 61.3 Å². The molecule has 0 aromatic carbocycles. The monoisotopic (exact) mass is 344 g/mol. The Morgan fingerprint density at radius 3 is 2.92 bits per heavy atom. The number of rotatable bonds is 5. The zero-order valence-corrected chi connectivity index (χ0v) is 14.9. The first-order valence-corrected chi connectivity index (χ1v) is 8.50. The third-order valence-electron chi connectivity index (χ3n) is 4.52. The lowest BCUT2D eigenvalue weighted by Crippen LogP contribution is -2.53. The van der Waals surface area contributed by atoms with Crippen molar-refractivity contribution in [1.29, 1.82) is 0 Å². The number of morpholine rings is 1. The molecule has 3 rings (SSSR count). The zero-order chi connectivity index (χ0) is 17.9. The molecule has 8 heteroatoms. The fourth-order valence-electron chi connectivity index (χ4n) is 3.02. The molecule has 1 amide bonds. The number of hydrogen-bond acceptors (Lipinski definition) is 6. The van der Waals surface area contributed by atoms with E-state index >= 15 is 0 Å². The number of carbonyl (C=O) groups excluding carboxylic acids is 1. The Balaban J connectivity index is 1.60. The lowest BCUT2D eigenvalue weighted by molar-refractivity contribution is -0.147. The Morgan fingerprint density at radius 2 is 2.20 bits per heavy atom. The maximum atomic E-state index is 12.9. The fourth-order valence-corrected chi connectivity index (χ4v) is 3.02. The Kier molecular flexibility index (Phi) is 5.08. The number of aromatic nitrogens is 5. The van der Waals surface area contributed by atoms with Gasteiger partial charge in [-0.25, -0.2) is 19.6 Å². The van der Waals surface area contributed by atoms with E-state index in [4.69, 9.17) is 4.74 Å². The van der Waals surface area contributed by atoms with Crippen LogP contribution < -0.4 is 0 Å². The van der Waals surface area contributed by atoms with Crippen molar-refractivity contribution in [3.8, 4) is 0 Å². The molecule has 1 aliphatic heterocycles. The van der Waals surface area contributed by atoms with Gasteiger partial charge in [-0.2, -0.15) is 5.10 Å². The van der Waals surface area contributed by atoms with Gasteiger partial charge in [0.25, 0.3) is 0 Å². The molecule has 1 aliphatic rings. The van der Waals surface area contributed by atoms with Gasteiger partial charge in [-0.15, -0.1) is 0 Å². The van der Waals surface area contributed by atoms with Crippen molar-refractivity contribution in [2.75, 3.05) is 19.7 Å². The molecule has 1 saturated heterocycles. The van der Waals surface area contributed by atoms with Crippen LogP contribution in [0.25, 0.3) is 0 Å². The average molecular weight is 344 g/mol. The van der Waals surface area contributed by atoms with Crippen LogP contribution in [-0.2, 0) is 21.5 Å². The van der Waals surface area contributed by atoms with E-state index in [0.29, 0.717) is 19.7 Å². The van der Waals surface area contributed by atoms with Crippen LogP contribution >= 0.6 is 0 Å². The Morgan fingerprint density at radius 1 is 1.36 bits per heavy atom. The van der Waals surface area contributed by atoms with Gasteiger partial charge in [-0.3, -0.25) is 4.79 Å². The van der Waals surface area contributed by atoms with Gasteiger partial charge in [0.05, 0.1) is 12.7 Å². The molecule has 1 fully saturated rings. The van der Waals surface area contributed by atoms with Crippen molar-refractivity contribution in [2.45, 2.75) is 45.3 Å². The van der Waals surface area contributed by atoms with Crippen molar-refractivity contribution in [1.82, 2.24) is 29.6 Å². The van der Waals surface area contributed by atoms with Gasteiger partial charge in [0, 0.05) is 24.5 Å². The lowest BCUT2D eigenvalue weighted by Gasteiger charge is -2.37. The summed E-state index contributed by atoms with van der Waals surface area (Å²) in [7, 11) is 0. The van der Waals surface area contributed by atoms with Crippen LogP contribution in [0.1, 0.15) is 31.7 Å². The maximum Gasteiger partial charge on any atom is 0.250 e. The Hall–Kier alpha value is -2.35. The van der Waals surface area contributed by atoms with Crippen LogP contribution in [0, 0.1) is 6.92 Å². The number of ether oxygens (including phenoxy) is 1. The van der Waals surface area contributed by atoms with Crippen LogP contribution in [0.2, 0.25) is 0 Å². The minimum absolute atomic E-state index is 0.0134. The normalized spacial score (nSPS) is 18.4. The predicted octanol–water partition coefficient (Wildman–Crippen LogP) is 0.972. The molecule has 0 radical (unpaired) electrons. The average Bonchev–Trinajstić information content (AvgIpc) is 3.15. The Bertz CT molecular complexity index is 716. The minimum Gasteiger partial charge on any atom is -0.375 e. The quantitative estimate of drug-likeness (QED) is 0.803. The van der Waals surface area contributed by atoms with Crippen LogP contribution in [0.4, 0.5) is 0 Å². The molecule has 1 unspecified atom stereocenters. The first kappa shape index (κ1) is 17.5. The van der Waals surface area contributed by atoms with E-state index in [-0.39, 0.29) is 12.0 Å². The standard InChI is InChI=1S/C17H24N6O2/c1-13-8-14(20-11-19-13)4-5-15-9-22(6-7-25-15)16(24)17(2,3)23-12-18-10-21-23/h8,10-12,15H,4-7,9H2,1-3H3. The molecule has 2 aromatic rings. The third-order valence-corrected chi connectivity index (χ3v) is 4.52. The van der Waals surface area contributed by atoms with Crippen molar-refractivity contribution in [2.24, 2.45) is 0 Å². The van der Waals surface area contributed by atoms with Gasteiger partial charge >= 0.3 is 0 Å². The van der Waals surface area contributed by atoms with E-state index in [1.54, 1.807) is 17.3 Å². The summed E-state index contributed by atoms with van der Waals surface area (Å²) >= 11 is 0. The molecule has 0 aliphatic carbocycles. The van der Waals surface area contributed by atoms with E-state index in [1.165, 1.54) is 6.33 Å². The zero-order valence-electron chi connectivity index (χ0n) is 14.9. The smallest absolute Gasteiger partial charge is 0.250 e. The maximum absolute atomic E-state index is 12.9. The van der Waals surface area contributed by atoms with Gasteiger partial charge in [0.1, 0.15) is 24.5 Å². The van der Waals surface area contributed by atoms with E-state index in [2.05, 4.69) is 20.1 Å². The van der Waals surface area contributed by atoms with E-state index in [0.717, 1.165) is 24.2 Å². The van der Waals surface area contributed by atoms with Gasteiger partial charge < -0.3 is 9.64 Å². The van der Waals surface area contributed by atoms with Crippen LogP contribution in [0.15, 0.2) is 25.0 Å². The number of aryl methyl sites for hydroxylation is 2. The topological polar surface area (TPSA) is 86.0 Å². The molecular formula is C17H24N6O2. The molecule has 0 spiro atoms. The molecule has 0 saturated carbocycles. The molecule has 8 nitrogen and oxygen atoms in total. The van der Waals surface area contributed by atoms with Gasteiger partial charge in [-0.05, 0) is 39.7 Å². The highest BCUT2D eigenvalue weighted by Gasteiger charge is 2.36. The van der Waals surface area contributed by atoms with Gasteiger partial charge in [0.2, 0.25) is 5.91 Å². The SMILES string of the molecule is Cc1cc(CCC2CN(C(=O)C(C)(C)n3cncn3)CCO2)ncn1. The first-order chi connectivity index (χ1) is 12.0. The largest absolute Gasteiger partial charge is 0.375 e. The summed E-state index contributed by atoms with van der Waals surface area (Å²) in [5, 5.41) is 4.12. The van der Waals surface area contributed by atoms with Crippen LogP contribution in [0.3, 0.4) is 0 Å². The van der Waals surface area contributed by atoms with Crippen molar-refractivity contribution in [3.63, 3.8) is 0 Å². The summed E-state index contributed by atoms with van der Waals surface area (Å²) in [6, 6.07) is 1.99. The number of nitrogens with zero attached hydrogens (tertiary/aromatic N) is 6. The summed E-state index contributed by atoms with van der Waals surface area (Å²) in [4.78, 5) is 27.1. The molecule has 1 atom stereocenters. The summed E-state index contributed by atoms with van der Waals surface area (Å²) in [6.45, 7) is 7.40. The number of amides is 1. The molecule has 25 heavy (non-hydrogen) atoms. The highest BCUT2D eigenvalue weighted by Crippen LogP contribution is 2.20. The van der Waals surface area contributed by atoms with Crippen molar-refractivity contribution >= 4 is 5.91 Å². The van der Waals surface area contributed by atoms with Crippen molar-refractivity contribution < 1.29 is 9.53 Å². The highest BCUT2D eigenvalue weighted by atomic mass is 16.5. The summed E-state index contributed by atoms with van der Waals surface area (Å²) < 4.78 is 7.44. The second-order valence-electron chi connectivity index (χ2n) is 6.83. The van der Waals surface area contributed by atoms with E-state index in [9.17, 15) is 4.79 Å². The van der Waals surface area contributed by atoms with Gasteiger partial charge in [-0.1, -0.05) is 0 Å². The molecular weight excluding hydrogens is 320 g/mol. The predicted molar refractivity (Wildman–Crippen MR) is 90.8 cm³/mol. The molecule has 0 bridgehead atoms. The highest BCUT2D eigenvalue weighted by molar-refractivity contribution is 5.83. The van der Waals surface area contributed by atoms with Crippen LogP contribution in [0.5, 0.6) is 0 Å². The summed E-state index contributed by atoms with van der Waals surface area (Å²) in [5.74, 6) is 0.0316. The Labute approximate surface area is 147 Å². The van der Waals surface area contributed by atoms with Gasteiger partial charge in [0.15, 0.2) is 0 Å². The fraction of sp³-hybridized carbons (Fsp3) is 0.588. The minimum atomic E-state index is -0.762. The van der Waals surface area contributed by atoms with E-state index in [1.807, 2.05) is 31.7 Å². The number of carbonyl (C=O) groups is 1. The van der Waals surface area contributed by atoms with E-state index < -0.39 is 5.54 Å². The molecule has 2 aromatic heterocycles. The summed E-state index contributed by atoms with van der Waals surface area (Å²) in [5.41, 5.74) is 1.20. The second-order valence-corrected chi connectivity index (χ2v) is 6.83. The van der Waals surface area contributed by atoms with Crippen molar-refractivity contribution in [3.05, 3.63) is 36.4 Å². The molecule has 134 valence electrons. The number of hydrogen-bond donors (Lipinski definition) is 0. The third kappa shape index (κ3) is 4.01. The lowest BCUT2D eigenvalue weighted by atomic mass is 10.0. The molecule has 0 N–H and O–H groups in total. The second kappa shape index (κ2) is 7.26.